The zero-order valence-electron chi connectivity index (χ0n) is 13.6. The molecule has 1 saturated heterocycles. The number of benzene rings is 1. The molecule has 1 aromatic heterocycles. The van der Waals surface area contributed by atoms with Gasteiger partial charge in [-0.15, -0.1) is 0 Å². The molecule has 130 valence electrons. The van der Waals surface area contributed by atoms with Gasteiger partial charge >= 0.3 is 0 Å². The molecule has 0 spiro atoms. The van der Waals surface area contributed by atoms with Crippen LogP contribution in [0.3, 0.4) is 0 Å². The quantitative estimate of drug-likeness (QED) is 0.880. The number of carbonyl (C=O) groups excluding carboxylic acids is 2. The Morgan fingerprint density at radius 2 is 2.04 bits per heavy atom. The Balaban J connectivity index is 1.79. The highest BCUT2D eigenvalue weighted by molar-refractivity contribution is 6.35. The van der Waals surface area contributed by atoms with E-state index < -0.39 is 6.04 Å². The molecule has 2 amide bonds. The van der Waals surface area contributed by atoms with Gasteiger partial charge in [0.05, 0.1) is 10.6 Å². The minimum Gasteiger partial charge on any atom is -0.327 e. The van der Waals surface area contributed by atoms with Crippen LogP contribution in [0.25, 0.3) is 0 Å². The van der Waals surface area contributed by atoms with E-state index in [1.807, 2.05) is 19.1 Å². The minimum atomic E-state index is -0.551. The van der Waals surface area contributed by atoms with E-state index in [4.69, 9.17) is 23.2 Å². The fraction of sp³-hybridized carbons (Fsp3) is 0.278. The lowest BCUT2D eigenvalue weighted by Gasteiger charge is -2.24. The summed E-state index contributed by atoms with van der Waals surface area (Å²) in [5.41, 5.74) is 1.12. The van der Waals surface area contributed by atoms with Gasteiger partial charge in [0.25, 0.3) is 5.91 Å². The monoisotopic (exact) mass is 377 g/mol. The van der Waals surface area contributed by atoms with Gasteiger partial charge in [-0.1, -0.05) is 29.3 Å². The average molecular weight is 378 g/mol. The van der Waals surface area contributed by atoms with E-state index >= 15 is 0 Å². The number of nitrogens with one attached hydrogen (secondary N) is 1. The lowest BCUT2D eigenvalue weighted by molar-refractivity contribution is -0.119. The molecular weight excluding hydrogens is 361 g/mol. The van der Waals surface area contributed by atoms with E-state index in [-0.39, 0.29) is 11.8 Å². The number of nitrogens with zero attached hydrogens (tertiary/aromatic N) is 2. The normalized spacial score (nSPS) is 16.8. The molecular formula is C18H17Cl2N3O2. The number of carbonyl (C=O) groups is 2. The number of rotatable bonds is 3. The van der Waals surface area contributed by atoms with Gasteiger partial charge in [-0.25, -0.2) is 4.98 Å². The van der Waals surface area contributed by atoms with Crippen molar-refractivity contribution in [1.29, 1.82) is 0 Å². The molecule has 0 bridgehead atoms. The minimum absolute atomic E-state index is 0.248. The van der Waals surface area contributed by atoms with Crippen LogP contribution in [0.4, 0.5) is 5.82 Å². The topological polar surface area (TPSA) is 62.3 Å². The second kappa shape index (κ2) is 7.42. The molecule has 2 heterocycles. The van der Waals surface area contributed by atoms with Crippen LogP contribution in [0.2, 0.25) is 10.0 Å². The second-order valence-electron chi connectivity index (χ2n) is 5.93. The summed E-state index contributed by atoms with van der Waals surface area (Å²) in [6.07, 6.45) is 1.35. The van der Waals surface area contributed by atoms with Gasteiger partial charge in [0.1, 0.15) is 11.9 Å². The Kier molecular flexibility index (Phi) is 5.25. The van der Waals surface area contributed by atoms with Crippen molar-refractivity contribution in [2.75, 3.05) is 11.9 Å². The van der Waals surface area contributed by atoms with E-state index in [1.165, 1.54) is 6.07 Å². The molecule has 1 N–H and O–H groups in total. The van der Waals surface area contributed by atoms with E-state index in [0.717, 1.165) is 12.1 Å². The molecule has 1 aromatic carbocycles. The smallest absolute Gasteiger partial charge is 0.256 e. The van der Waals surface area contributed by atoms with Crippen LogP contribution in [-0.4, -0.2) is 34.3 Å². The van der Waals surface area contributed by atoms with Crippen LogP contribution in [0.1, 0.15) is 28.9 Å². The van der Waals surface area contributed by atoms with Gasteiger partial charge < -0.3 is 10.2 Å². The molecule has 2 aromatic rings. The molecule has 25 heavy (non-hydrogen) atoms. The van der Waals surface area contributed by atoms with Crippen molar-refractivity contribution in [1.82, 2.24) is 9.88 Å². The Labute approximate surface area is 155 Å². The standard InChI is InChI=1S/C18H17Cl2N3O2/c1-11-4-2-6-16(21-11)22-17(24)15-5-3-9-23(15)18(25)13-10-12(19)7-8-14(13)20/h2,4,6-8,10,15H,3,5,9H2,1H3,(H,21,22,24)/t15-/m0/s1. The van der Waals surface area contributed by atoms with Crippen LogP contribution < -0.4 is 5.32 Å². The average Bonchev–Trinajstić information content (AvgIpc) is 3.06. The van der Waals surface area contributed by atoms with Crippen LogP contribution in [0, 0.1) is 6.92 Å². The Morgan fingerprint density at radius 1 is 1.24 bits per heavy atom. The summed E-state index contributed by atoms with van der Waals surface area (Å²) in [5, 5.41) is 3.53. The Hall–Kier alpha value is -2.11. The van der Waals surface area contributed by atoms with Crippen molar-refractivity contribution in [3.63, 3.8) is 0 Å². The highest BCUT2D eigenvalue weighted by Gasteiger charge is 2.35. The number of hydrogen-bond acceptors (Lipinski definition) is 3. The van der Waals surface area contributed by atoms with Gasteiger partial charge in [0.2, 0.25) is 5.91 Å². The van der Waals surface area contributed by atoms with E-state index in [1.54, 1.807) is 23.1 Å². The summed E-state index contributed by atoms with van der Waals surface area (Å²) in [6.45, 7) is 2.35. The largest absolute Gasteiger partial charge is 0.327 e. The van der Waals surface area contributed by atoms with E-state index in [9.17, 15) is 9.59 Å². The van der Waals surface area contributed by atoms with E-state index in [0.29, 0.717) is 34.4 Å². The van der Waals surface area contributed by atoms with Crippen LogP contribution in [-0.2, 0) is 4.79 Å². The van der Waals surface area contributed by atoms with Crippen LogP contribution in [0.15, 0.2) is 36.4 Å². The first-order chi connectivity index (χ1) is 12.0. The molecule has 3 rings (SSSR count). The number of pyridine rings is 1. The molecule has 0 saturated carbocycles. The van der Waals surface area contributed by atoms with Gasteiger partial charge in [0, 0.05) is 17.3 Å². The fourth-order valence-electron chi connectivity index (χ4n) is 2.92. The molecule has 5 nitrogen and oxygen atoms in total. The predicted molar refractivity (Wildman–Crippen MR) is 98.1 cm³/mol. The number of amides is 2. The van der Waals surface area contributed by atoms with Crippen molar-refractivity contribution in [2.45, 2.75) is 25.8 Å². The summed E-state index contributed by atoms with van der Waals surface area (Å²) >= 11 is 12.1. The lowest BCUT2D eigenvalue weighted by Crippen LogP contribution is -2.43. The third kappa shape index (κ3) is 3.94. The van der Waals surface area contributed by atoms with Crippen molar-refractivity contribution in [3.8, 4) is 0 Å². The maximum absolute atomic E-state index is 12.8. The fourth-order valence-corrected chi connectivity index (χ4v) is 3.29. The Morgan fingerprint density at radius 3 is 2.80 bits per heavy atom. The SMILES string of the molecule is Cc1cccc(NC(=O)[C@@H]2CCCN2C(=O)c2cc(Cl)ccc2Cl)n1. The van der Waals surface area contributed by atoms with Gasteiger partial charge in [-0.2, -0.15) is 0 Å². The number of halogens is 2. The van der Waals surface area contributed by atoms with Crippen molar-refractivity contribution < 1.29 is 9.59 Å². The third-order valence-electron chi connectivity index (χ3n) is 4.11. The summed E-state index contributed by atoms with van der Waals surface area (Å²) in [7, 11) is 0. The summed E-state index contributed by atoms with van der Waals surface area (Å²) in [4.78, 5) is 31.3. The zero-order valence-corrected chi connectivity index (χ0v) is 15.1. The van der Waals surface area contributed by atoms with Gasteiger partial charge in [-0.3, -0.25) is 9.59 Å². The summed E-state index contributed by atoms with van der Waals surface area (Å²) in [6, 6.07) is 9.58. The molecule has 0 radical (unpaired) electrons. The number of anilines is 1. The number of aryl methyl sites for hydroxylation is 1. The van der Waals surface area contributed by atoms with Crippen LogP contribution in [0.5, 0.6) is 0 Å². The zero-order chi connectivity index (χ0) is 18.0. The first kappa shape index (κ1) is 17.7. The summed E-state index contributed by atoms with van der Waals surface area (Å²) < 4.78 is 0. The first-order valence-corrected chi connectivity index (χ1v) is 8.72. The molecule has 1 atom stereocenters. The van der Waals surface area contributed by atoms with Crippen molar-refractivity contribution >= 4 is 40.8 Å². The van der Waals surface area contributed by atoms with Gasteiger partial charge in [-0.05, 0) is 50.1 Å². The van der Waals surface area contributed by atoms with Crippen molar-refractivity contribution in [2.24, 2.45) is 0 Å². The number of aromatic nitrogens is 1. The van der Waals surface area contributed by atoms with Crippen LogP contribution >= 0.6 is 23.2 Å². The highest BCUT2D eigenvalue weighted by atomic mass is 35.5. The molecule has 0 aliphatic carbocycles. The molecule has 0 unspecified atom stereocenters. The third-order valence-corrected chi connectivity index (χ3v) is 4.68. The number of likely N-dealkylation sites (tertiary alicyclic amines) is 1. The van der Waals surface area contributed by atoms with E-state index in [2.05, 4.69) is 10.3 Å². The highest BCUT2D eigenvalue weighted by Crippen LogP contribution is 2.26. The summed E-state index contributed by atoms with van der Waals surface area (Å²) in [5.74, 6) is -0.0606. The predicted octanol–water partition coefficient (Wildman–Crippen LogP) is 3.94. The maximum atomic E-state index is 12.8. The maximum Gasteiger partial charge on any atom is 0.256 e. The molecule has 7 heteroatoms. The molecule has 1 aliphatic heterocycles. The molecule has 1 fully saturated rings. The molecule has 1 aliphatic rings. The first-order valence-electron chi connectivity index (χ1n) is 7.96. The number of hydrogen-bond donors (Lipinski definition) is 1. The lowest BCUT2D eigenvalue weighted by atomic mass is 10.1. The van der Waals surface area contributed by atoms with Gasteiger partial charge in [0.15, 0.2) is 0 Å². The van der Waals surface area contributed by atoms with Crippen molar-refractivity contribution in [3.05, 3.63) is 57.7 Å². The Bertz CT molecular complexity index is 826. The second-order valence-corrected chi connectivity index (χ2v) is 6.78.